The molecule has 2 bridgehead atoms. The van der Waals surface area contributed by atoms with Crippen LogP contribution in [0.4, 0.5) is 0 Å². The summed E-state index contributed by atoms with van der Waals surface area (Å²) < 4.78 is 13.0. The van der Waals surface area contributed by atoms with Crippen molar-refractivity contribution in [1.29, 1.82) is 0 Å². The molecule has 1 spiro atoms. The van der Waals surface area contributed by atoms with E-state index in [2.05, 4.69) is 62.3 Å². The molecule has 4 saturated carbocycles. The van der Waals surface area contributed by atoms with Gasteiger partial charge >= 0.3 is 5.97 Å². The van der Waals surface area contributed by atoms with Gasteiger partial charge < -0.3 is 9.16 Å². The zero-order valence-corrected chi connectivity index (χ0v) is 26.0. The summed E-state index contributed by atoms with van der Waals surface area (Å²) in [6.07, 6.45) is 11.3. The first-order valence-corrected chi connectivity index (χ1v) is 17.8. The molecule has 5 rings (SSSR count). The van der Waals surface area contributed by atoms with Crippen LogP contribution in [0.3, 0.4) is 0 Å². The minimum absolute atomic E-state index is 0.158. The van der Waals surface area contributed by atoms with Crippen LogP contribution in [0, 0.1) is 45.8 Å². The second-order valence-corrected chi connectivity index (χ2v) is 21.0. The van der Waals surface area contributed by atoms with Gasteiger partial charge in [0.15, 0.2) is 8.32 Å². The van der Waals surface area contributed by atoms with Gasteiger partial charge in [-0.2, -0.15) is 0 Å². The predicted octanol–water partition coefficient (Wildman–Crippen LogP) is 8.77. The highest BCUT2D eigenvalue weighted by Gasteiger charge is 2.70. The Balaban J connectivity index is 1.33. The molecule has 5 fully saturated rings. The van der Waals surface area contributed by atoms with Crippen LogP contribution in [0.1, 0.15) is 120 Å². The van der Waals surface area contributed by atoms with Crippen LogP contribution in [0.2, 0.25) is 16.6 Å². The van der Waals surface area contributed by atoms with E-state index in [9.17, 15) is 4.79 Å². The monoisotopic (exact) mass is 516 g/mol. The lowest BCUT2D eigenvalue weighted by Crippen LogP contribution is -2.59. The van der Waals surface area contributed by atoms with Gasteiger partial charge in [-0.25, -0.2) is 0 Å². The van der Waals surface area contributed by atoms with E-state index in [0.717, 1.165) is 43.6 Å². The maximum atomic E-state index is 13.2. The van der Waals surface area contributed by atoms with Crippen molar-refractivity contribution in [3.8, 4) is 0 Å². The molecule has 4 heteroatoms. The highest BCUT2D eigenvalue weighted by atomic mass is 28.4. The molecule has 3 nitrogen and oxygen atoms in total. The molecular weight excluding hydrogens is 460 g/mol. The van der Waals surface area contributed by atoms with Gasteiger partial charge in [-0.3, -0.25) is 4.79 Å². The minimum Gasteiger partial charge on any atom is -0.462 e. The Kier molecular flexibility index (Phi) is 6.88. The van der Waals surface area contributed by atoms with Crippen LogP contribution in [-0.4, -0.2) is 27.0 Å². The summed E-state index contributed by atoms with van der Waals surface area (Å²) >= 11 is 0. The van der Waals surface area contributed by atoms with Crippen molar-refractivity contribution >= 4 is 14.3 Å². The molecule has 206 valence electrons. The Hall–Kier alpha value is -0.353. The van der Waals surface area contributed by atoms with Crippen LogP contribution in [-0.2, 0) is 14.0 Å². The van der Waals surface area contributed by atoms with E-state index >= 15 is 0 Å². The van der Waals surface area contributed by atoms with Crippen molar-refractivity contribution in [3.63, 3.8) is 0 Å². The molecule has 1 saturated heterocycles. The highest BCUT2D eigenvalue weighted by Crippen LogP contribution is 2.72. The maximum Gasteiger partial charge on any atom is 0.313 e. The zero-order chi connectivity index (χ0) is 26.3. The van der Waals surface area contributed by atoms with E-state index < -0.39 is 8.32 Å². The normalized spacial score (nSPS) is 45.0. The molecule has 0 aromatic carbocycles. The number of esters is 1. The van der Waals surface area contributed by atoms with Gasteiger partial charge in [0.05, 0.1) is 5.41 Å². The Bertz CT molecular complexity index is 831. The molecule has 0 radical (unpaired) electrons. The average Bonchev–Trinajstić information content (AvgIpc) is 3.29. The van der Waals surface area contributed by atoms with Crippen LogP contribution in [0.15, 0.2) is 0 Å². The third kappa shape index (κ3) is 3.54. The van der Waals surface area contributed by atoms with Crippen molar-refractivity contribution < 1.29 is 14.0 Å². The van der Waals surface area contributed by atoms with Crippen LogP contribution in [0.25, 0.3) is 0 Å². The van der Waals surface area contributed by atoms with Crippen molar-refractivity contribution in [3.05, 3.63) is 0 Å². The number of fused-ring (bicyclic) bond motifs is 5. The van der Waals surface area contributed by atoms with E-state index in [-0.39, 0.29) is 22.9 Å². The Labute approximate surface area is 223 Å². The topological polar surface area (TPSA) is 35.5 Å². The molecule has 0 aromatic rings. The molecule has 1 heterocycles. The van der Waals surface area contributed by atoms with E-state index in [4.69, 9.17) is 9.16 Å². The fourth-order valence-corrected chi connectivity index (χ4v) is 17.4. The van der Waals surface area contributed by atoms with Gasteiger partial charge in [-0.1, -0.05) is 62.3 Å². The average molecular weight is 517 g/mol. The number of hydrogen-bond donors (Lipinski definition) is 0. The van der Waals surface area contributed by atoms with Crippen LogP contribution < -0.4 is 0 Å². The summed E-state index contributed by atoms with van der Waals surface area (Å²) in [4.78, 5) is 13.2. The van der Waals surface area contributed by atoms with E-state index in [1.165, 1.54) is 38.5 Å². The first-order valence-electron chi connectivity index (χ1n) is 15.7. The third-order valence-corrected chi connectivity index (χ3v) is 19.6. The highest BCUT2D eigenvalue weighted by molar-refractivity contribution is 6.77. The Morgan fingerprint density at radius 1 is 0.861 bits per heavy atom. The number of carbonyl (C=O) groups excluding carboxylic acids is 1. The molecule has 0 N–H and O–H groups in total. The predicted molar refractivity (Wildman–Crippen MR) is 150 cm³/mol. The van der Waals surface area contributed by atoms with Crippen molar-refractivity contribution in [1.82, 2.24) is 0 Å². The summed E-state index contributed by atoms with van der Waals surface area (Å²) in [5.74, 6) is 3.92. The van der Waals surface area contributed by atoms with E-state index in [1.807, 2.05) is 0 Å². The number of carbonyl (C=O) groups is 1. The largest absolute Gasteiger partial charge is 0.462 e. The zero-order valence-electron chi connectivity index (χ0n) is 25.0. The van der Waals surface area contributed by atoms with Crippen LogP contribution in [0.5, 0.6) is 0 Å². The van der Waals surface area contributed by atoms with Crippen molar-refractivity contribution in [2.24, 2.45) is 45.8 Å². The van der Waals surface area contributed by atoms with Gasteiger partial charge in [-0.15, -0.1) is 0 Å². The smallest absolute Gasteiger partial charge is 0.313 e. The number of hydrogen-bond acceptors (Lipinski definition) is 3. The SMILES string of the molecule is CC(C)[Si](OC[C@@H](C)[C@H]1CC[C@H]2[C@@H]3CC[C@]45C[C@H](CC[C@]4(C)[C@H]3CC[C@]12C)OC5=O)(C(C)C)C(C)C. The number of rotatable bonds is 7. The maximum absolute atomic E-state index is 13.2. The first kappa shape index (κ1) is 27.2. The number of ether oxygens (including phenoxy) is 1. The molecule has 0 amide bonds. The summed E-state index contributed by atoms with van der Waals surface area (Å²) in [6, 6.07) is 0. The molecule has 5 aliphatic rings. The Morgan fingerprint density at radius 3 is 2.17 bits per heavy atom. The fourth-order valence-electron chi connectivity index (χ4n) is 11.9. The molecular formula is C32H56O3Si. The Morgan fingerprint density at radius 2 is 1.53 bits per heavy atom. The quantitative estimate of drug-likeness (QED) is 0.250. The summed E-state index contributed by atoms with van der Waals surface area (Å²) in [6.45, 7) is 23.1. The lowest BCUT2D eigenvalue weighted by atomic mass is 9.40. The standard InChI is InChI=1S/C32H56O3Si/c1-20(2)36(21(3)4,22(5)6)34-19-23(7)26-10-11-27-25-13-17-32-18-24(35-29(32)33)12-16-31(32,9)28(25)14-15-30(26,27)8/h20-28H,10-19H2,1-9H3/t23-,24+,25+,26-,27+,28+,30-,31-,32-/m1/s1. The lowest BCUT2D eigenvalue weighted by molar-refractivity contribution is -0.173. The fraction of sp³-hybridized carbons (Fsp3) is 0.969. The summed E-state index contributed by atoms with van der Waals surface area (Å²) in [5, 5.41) is 0. The van der Waals surface area contributed by atoms with Crippen molar-refractivity contribution in [2.45, 2.75) is 143 Å². The molecule has 0 aromatic heterocycles. The molecule has 0 unspecified atom stereocenters. The summed E-state index contributed by atoms with van der Waals surface area (Å²) in [5.41, 5.74) is 2.39. The van der Waals surface area contributed by atoms with Crippen molar-refractivity contribution in [2.75, 3.05) is 6.61 Å². The van der Waals surface area contributed by atoms with Gasteiger partial charge in [0.25, 0.3) is 0 Å². The first-order chi connectivity index (χ1) is 16.8. The molecule has 9 atom stereocenters. The second-order valence-electron chi connectivity index (χ2n) is 15.5. The molecule has 1 aliphatic heterocycles. The second kappa shape index (κ2) is 9.10. The molecule has 36 heavy (non-hydrogen) atoms. The van der Waals surface area contributed by atoms with Gasteiger partial charge in [0.2, 0.25) is 0 Å². The van der Waals surface area contributed by atoms with E-state index in [0.29, 0.717) is 33.9 Å². The minimum atomic E-state index is -1.83. The third-order valence-electron chi connectivity index (χ3n) is 13.5. The van der Waals surface area contributed by atoms with Gasteiger partial charge in [0.1, 0.15) is 6.10 Å². The lowest BCUT2D eigenvalue weighted by Gasteiger charge is -2.62. The van der Waals surface area contributed by atoms with Gasteiger partial charge in [0, 0.05) is 13.0 Å². The van der Waals surface area contributed by atoms with Crippen LogP contribution >= 0.6 is 0 Å². The molecule has 4 aliphatic carbocycles. The summed E-state index contributed by atoms with van der Waals surface area (Å²) in [7, 11) is -1.83. The van der Waals surface area contributed by atoms with E-state index in [1.54, 1.807) is 0 Å². The van der Waals surface area contributed by atoms with Gasteiger partial charge in [-0.05, 0) is 108 Å².